The Labute approximate surface area is 107 Å². The molecule has 5 nitrogen and oxygen atoms in total. The van der Waals surface area contributed by atoms with Gasteiger partial charge < -0.3 is 9.84 Å². The summed E-state index contributed by atoms with van der Waals surface area (Å²) in [5, 5.41) is 10.0. The molecule has 0 unspecified atom stereocenters. The minimum absolute atomic E-state index is 0.364. The van der Waals surface area contributed by atoms with E-state index in [2.05, 4.69) is 10.9 Å². The van der Waals surface area contributed by atoms with Gasteiger partial charge in [0.25, 0.3) is 5.91 Å². The van der Waals surface area contributed by atoms with E-state index in [0.717, 1.165) is 0 Å². The topological polar surface area (TPSA) is 70.6 Å². The Kier molecular flexibility index (Phi) is 4.97. The first-order chi connectivity index (χ1) is 8.57. The zero-order valence-electron chi connectivity index (χ0n) is 11.0. The third-order valence-electron chi connectivity index (χ3n) is 3.01. The van der Waals surface area contributed by atoms with Crippen molar-refractivity contribution >= 4 is 11.6 Å². The van der Waals surface area contributed by atoms with Gasteiger partial charge in [-0.2, -0.15) is 0 Å². The number of methoxy groups -OCH3 is 1. The van der Waals surface area contributed by atoms with Gasteiger partial charge in [-0.3, -0.25) is 15.6 Å². The van der Waals surface area contributed by atoms with Crippen LogP contribution in [0.1, 0.15) is 26.7 Å². The second-order valence-electron chi connectivity index (χ2n) is 4.02. The fourth-order valence-corrected chi connectivity index (χ4v) is 1.56. The molecular weight excluding hydrogens is 232 g/mol. The minimum Gasteiger partial charge on any atom is -0.495 e. The van der Waals surface area contributed by atoms with Crippen LogP contribution >= 0.6 is 0 Å². The fraction of sp³-hybridized carbons (Fsp3) is 0.462. The van der Waals surface area contributed by atoms with E-state index < -0.39 is 11.5 Å². The quantitative estimate of drug-likeness (QED) is 0.674. The van der Waals surface area contributed by atoms with Crippen LogP contribution in [0.2, 0.25) is 0 Å². The Bertz CT molecular complexity index is 403. The van der Waals surface area contributed by atoms with Crippen LogP contribution in [0.15, 0.2) is 24.3 Å². The van der Waals surface area contributed by atoms with E-state index in [9.17, 15) is 9.90 Å². The summed E-state index contributed by atoms with van der Waals surface area (Å²) >= 11 is 0. The number of amides is 1. The number of rotatable bonds is 6. The molecule has 1 aromatic rings. The van der Waals surface area contributed by atoms with E-state index in [0.29, 0.717) is 24.3 Å². The molecule has 0 fully saturated rings. The summed E-state index contributed by atoms with van der Waals surface area (Å²) in [6, 6.07) is 7.21. The van der Waals surface area contributed by atoms with Crippen molar-refractivity contribution < 1.29 is 14.6 Å². The Hall–Kier alpha value is -1.75. The van der Waals surface area contributed by atoms with Crippen molar-refractivity contribution in [2.45, 2.75) is 32.3 Å². The van der Waals surface area contributed by atoms with Crippen LogP contribution in [0, 0.1) is 0 Å². The Balaban J connectivity index is 2.68. The summed E-state index contributed by atoms with van der Waals surface area (Å²) in [5.41, 5.74) is 4.55. The molecule has 1 aromatic carbocycles. The minimum atomic E-state index is -1.34. The highest BCUT2D eigenvalue weighted by molar-refractivity contribution is 5.86. The molecule has 0 spiro atoms. The van der Waals surface area contributed by atoms with Gasteiger partial charge >= 0.3 is 0 Å². The third kappa shape index (κ3) is 3.13. The maximum absolute atomic E-state index is 11.8. The molecule has 0 saturated heterocycles. The number of carbonyl (C=O) groups is 1. The highest BCUT2D eigenvalue weighted by Gasteiger charge is 2.31. The van der Waals surface area contributed by atoms with E-state index in [1.54, 1.807) is 33.1 Å². The van der Waals surface area contributed by atoms with Gasteiger partial charge in [-0.25, -0.2) is 0 Å². The standard InChI is InChI=1S/C13H20N2O3/c1-4-13(17,5-2)12(16)15-14-10-8-6-7-9-11(10)18-3/h6-9,14,17H,4-5H2,1-3H3,(H,15,16). The van der Waals surface area contributed by atoms with Gasteiger partial charge in [0.2, 0.25) is 0 Å². The summed E-state index contributed by atoms with van der Waals surface area (Å²) in [6.45, 7) is 3.54. The van der Waals surface area contributed by atoms with Crippen LogP contribution in [0.4, 0.5) is 5.69 Å². The van der Waals surface area contributed by atoms with Crippen molar-refractivity contribution in [3.8, 4) is 5.75 Å². The molecule has 3 N–H and O–H groups in total. The van der Waals surface area contributed by atoms with E-state index in [1.807, 2.05) is 12.1 Å². The largest absolute Gasteiger partial charge is 0.495 e. The Morgan fingerprint density at radius 2 is 1.94 bits per heavy atom. The summed E-state index contributed by atoms with van der Waals surface area (Å²) in [7, 11) is 1.55. The lowest BCUT2D eigenvalue weighted by molar-refractivity contribution is -0.139. The van der Waals surface area contributed by atoms with Crippen molar-refractivity contribution in [1.82, 2.24) is 5.43 Å². The molecule has 0 saturated carbocycles. The van der Waals surface area contributed by atoms with Gasteiger partial charge in [-0.15, -0.1) is 0 Å². The van der Waals surface area contributed by atoms with Crippen LogP contribution in [0.3, 0.4) is 0 Å². The molecule has 0 aliphatic carbocycles. The number of anilines is 1. The number of ether oxygens (including phenoxy) is 1. The Morgan fingerprint density at radius 1 is 1.33 bits per heavy atom. The average molecular weight is 252 g/mol. The van der Waals surface area contributed by atoms with Gasteiger partial charge in [0, 0.05) is 0 Å². The van der Waals surface area contributed by atoms with Gasteiger partial charge in [0.15, 0.2) is 0 Å². The zero-order chi connectivity index (χ0) is 13.6. The Morgan fingerprint density at radius 3 is 2.50 bits per heavy atom. The number of carbonyl (C=O) groups excluding carboxylic acids is 1. The smallest absolute Gasteiger partial charge is 0.270 e. The molecule has 0 aliphatic rings. The number of hydrogen-bond donors (Lipinski definition) is 3. The van der Waals surface area contributed by atoms with Crippen LogP contribution in [0.5, 0.6) is 5.75 Å². The lowest BCUT2D eigenvalue weighted by atomic mass is 9.97. The molecule has 5 heteroatoms. The molecule has 0 aromatic heterocycles. The number of hydrazine groups is 1. The molecule has 100 valence electrons. The summed E-state index contributed by atoms with van der Waals surface area (Å²) < 4.78 is 5.14. The van der Waals surface area contributed by atoms with Crippen molar-refractivity contribution in [3.63, 3.8) is 0 Å². The predicted molar refractivity (Wildman–Crippen MR) is 70.3 cm³/mol. The molecule has 0 aliphatic heterocycles. The first-order valence-electron chi connectivity index (χ1n) is 5.99. The number of para-hydroxylation sites is 2. The maximum Gasteiger partial charge on any atom is 0.270 e. The van der Waals surface area contributed by atoms with Crippen molar-refractivity contribution in [2.24, 2.45) is 0 Å². The van der Waals surface area contributed by atoms with Gasteiger partial charge in [0.1, 0.15) is 11.4 Å². The molecule has 0 atom stereocenters. The van der Waals surface area contributed by atoms with Gasteiger partial charge in [-0.1, -0.05) is 26.0 Å². The van der Waals surface area contributed by atoms with E-state index in [1.165, 1.54) is 0 Å². The first kappa shape index (κ1) is 14.3. The average Bonchev–Trinajstić information content (AvgIpc) is 2.43. The maximum atomic E-state index is 11.8. The normalized spacial score (nSPS) is 10.9. The molecule has 18 heavy (non-hydrogen) atoms. The third-order valence-corrected chi connectivity index (χ3v) is 3.01. The van der Waals surface area contributed by atoms with Gasteiger partial charge in [-0.05, 0) is 25.0 Å². The van der Waals surface area contributed by atoms with Crippen LogP contribution in [-0.4, -0.2) is 23.7 Å². The van der Waals surface area contributed by atoms with Crippen LogP contribution in [-0.2, 0) is 4.79 Å². The number of aliphatic hydroxyl groups is 1. The van der Waals surface area contributed by atoms with Crippen molar-refractivity contribution in [1.29, 1.82) is 0 Å². The van der Waals surface area contributed by atoms with Crippen molar-refractivity contribution in [2.75, 3.05) is 12.5 Å². The zero-order valence-corrected chi connectivity index (χ0v) is 11.0. The first-order valence-corrected chi connectivity index (χ1v) is 5.99. The second-order valence-corrected chi connectivity index (χ2v) is 4.02. The molecule has 0 bridgehead atoms. The molecule has 0 radical (unpaired) electrons. The highest BCUT2D eigenvalue weighted by Crippen LogP contribution is 2.22. The van der Waals surface area contributed by atoms with Gasteiger partial charge in [0.05, 0.1) is 12.8 Å². The summed E-state index contributed by atoms with van der Waals surface area (Å²) in [4.78, 5) is 11.8. The monoisotopic (exact) mass is 252 g/mol. The highest BCUT2D eigenvalue weighted by atomic mass is 16.5. The van der Waals surface area contributed by atoms with Crippen molar-refractivity contribution in [3.05, 3.63) is 24.3 Å². The number of nitrogens with one attached hydrogen (secondary N) is 2. The van der Waals surface area contributed by atoms with Crippen LogP contribution in [0.25, 0.3) is 0 Å². The number of benzene rings is 1. The molecule has 1 rings (SSSR count). The molecular formula is C13H20N2O3. The summed E-state index contributed by atoms with van der Waals surface area (Å²) in [5.74, 6) is 0.174. The molecule has 0 heterocycles. The lowest BCUT2D eigenvalue weighted by Gasteiger charge is -2.24. The predicted octanol–water partition coefficient (Wildman–Crippen LogP) is 1.69. The fourth-order valence-electron chi connectivity index (χ4n) is 1.56. The van der Waals surface area contributed by atoms with Crippen LogP contribution < -0.4 is 15.6 Å². The SMILES string of the molecule is CCC(O)(CC)C(=O)NNc1ccccc1OC. The summed E-state index contributed by atoms with van der Waals surface area (Å²) in [6.07, 6.45) is 0.728. The number of hydrogen-bond acceptors (Lipinski definition) is 4. The lowest BCUT2D eigenvalue weighted by Crippen LogP contribution is -2.48. The second kappa shape index (κ2) is 6.26. The van der Waals surface area contributed by atoms with E-state index >= 15 is 0 Å². The molecule has 1 amide bonds. The van der Waals surface area contributed by atoms with E-state index in [4.69, 9.17) is 4.74 Å². The van der Waals surface area contributed by atoms with E-state index in [-0.39, 0.29) is 0 Å².